The highest BCUT2D eigenvalue weighted by Gasteiger charge is 2.27. The molecule has 1 saturated carbocycles. The van der Waals surface area contributed by atoms with Crippen LogP contribution < -0.4 is 5.32 Å². The lowest BCUT2D eigenvalue weighted by Crippen LogP contribution is -2.29. The van der Waals surface area contributed by atoms with E-state index < -0.39 is 0 Å². The Bertz CT molecular complexity index is 426. The molecule has 1 aliphatic rings. The minimum absolute atomic E-state index is 0.0353. The highest BCUT2D eigenvalue weighted by molar-refractivity contribution is 9.10. The Balaban J connectivity index is 1.92. The number of aryl methyl sites for hydroxylation is 1. The van der Waals surface area contributed by atoms with Crippen LogP contribution in [0, 0.1) is 18.8 Å². The molecular weight excluding hydrogens is 278 g/mol. The smallest absolute Gasteiger partial charge is 0.251 e. The molecule has 1 fully saturated rings. The molecule has 92 valence electrons. The van der Waals surface area contributed by atoms with E-state index in [1.807, 2.05) is 25.1 Å². The van der Waals surface area contributed by atoms with Gasteiger partial charge in [-0.3, -0.25) is 4.79 Å². The molecule has 0 heterocycles. The predicted molar refractivity (Wildman–Crippen MR) is 73.1 cm³/mol. The van der Waals surface area contributed by atoms with Crippen LogP contribution in [0.5, 0.6) is 0 Å². The molecular formula is C14H18BrNO. The van der Waals surface area contributed by atoms with Gasteiger partial charge >= 0.3 is 0 Å². The molecule has 1 aromatic rings. The molecule has 1 amide bonds. The van der Waals surface area contributed by atoms with Crippen LogP contribution in [0.4, 0.5) is 0 Å². The maximum absolute atomic E-state index is 11.9. The summed E-state index contributed by atoms with van der Waals surface area (Å²) in [6, 6.07) is 5.70. The standard InChI is InChI=1S/C14H18BrNO/c1-9-7-12(5-6-13(9)15)14(17)16-8-10(2)11-3-4-11/h5-7,10-11H,3-4,8H2,1-2H3,(H,16,17). The molecule has 2 nitrogen and oxygen atoms in total. The molecule has 1 unspecified atom stereocenters. The summed E-state index contributed by atoms with van der Waals surface area (Å²) in [7, 11) is 0. The Hall–Kier alpha value is -0.830. The molecule has 0 aromatic heterocycles. The maximum Gasteiger partial charge on any atom is 0.251 e. The van der Waals surface area contributed by atoms with Gasteiger partial charge in [0.1, 0.15) is 0 Å². The molecule has 17 heavy (non-hydrogen) atoms. The number of carbonyl (C=O) groups excluding carboxylic acids is 1. The molecule has 1 atom stereocenters. The number of carbonyl (C=O) groups is 1. The van der Waals surface area contributed by atoms with Crippen molar-refractivity contribution in [1.82, 2.24) is 5.32 Å². The van der Waals surface area contributed by atoms with E-state index in [1.165, 1.54) is 12.8 Å². The minimum atomic E-state index is 0.0353. The van der Waals surface area contributed by atoms with Gasteiger partial charge in [-0.1, -0.05) is 22.9 Å². The van der Waals surface area contributed by atoms with E-state index in [1.54, 1.807) is 0 Å². The van der Waals surface area contributed by atoms with Crippen molar-refractivity contribution in [3.05, 3.63) is 33.8 Å². The quantitative estimate of drug-likeness (QED) is 0.904. The zero-order chi connectivity index (χ0) is 12.4. The van der Waals surface area contributed by atoms with E-state index in [0.717, 1.165) is 28.1 Å². The van der Waals surface area contributed by atoms with Crippen LogP contribution in [0.3, 0.4) is 0 Å². The third-order valence-electron chi connectivity index (χ3n) is 3.43. The van der Waals surface area contributed by atoms with Crippen LogP contribution in [0.25, 0.3) is 0 Å². The fourth-order valence-electron chi connectivity index (χ4n) is 1.97. The number of hydrogen-bond acceptors (Lipinski definition) is 1. The third-order valence-corrected chi connectivity index (χ3v) is 4.32. The van der Waals surface area contributed by atoms with E-state index in [9.17, 15) is 4.79 Å². The van der Waals surface area contributed by atoms with E-state index in [2.05, 4.69) is 28.2 Å². The number of amides is 1. The van der Waals surface area contributed by atoms with Gasteiger partial charge in [-0.2, -0.15) is 0 Å². The maximum atomic E-state index is 11.9. The SMILES string of the molecule is Cc1cc(C(=O)NCC(C)C2CC2)ccc1Br. The number of rotatable bonds is 4. The Morgan fingerprint density at radius 2 is 2.24 bits per heavy atom. The van der Waals surface area contributed by atoms with Crippen molar-refractivity contribution in [2.45, 2.75) is 26.7 Å². The topological polar surface area (TPSA) is 29.1 Å². The van der Waals surface area contributed by atoms with Crippen molar-refractivity contribution in [2.75, 3.05) is 6.54 Å². The minimum Gasteiger partial charge on any atom is -0.352 e. The van der Waals surface area contributed by atoms with Crippen LogP contribution in [0.1, 0.15) is 35.7 Å². The van der Waals surface area contributed by atoms with Gasteiger partial charge in [0.15, 0.2) is 0 Å². The zero-order valence-electron chi connectivity index (χ0n) is 10.3. The van der Waals surface area contributed by atoms with Gasteiger partial charge in [0.05, 0.1) is 0 Å². The van der Waals surface area contributed by atoms with Crippen LogP contribution in [-0.4, -0.2) is 12.5 Å². The van der Waals surface area contributed by atoms with Crippen molar-refractivity contribution in [3.8, 4) is 0 Å². The van der Waals surface area contributed by atoms with Crippen molar-refractivity contribution >= 4 is 21.8 Å². The van der Waals surface area contributed by atoms with Gasteiger partial charge in [-0.25, -0.2) is 0 Å². The highest BCUT2D eigenvalue weighted by atomic mass is 79.9. The predicted octanol–water partition coefficient (Wildman–Crippen LogP) is 3.53. The monoisotopic (exact) mass is 295 g/mol. The summed E-state index contributed by atoms with van der Waals surface area (Å²) < 4.78 is 1.04. The molecule has 0 aliphatic heterocycles. The fourth-order valence-corrected chi connectivity index (χ4v) is 2.22. The Kier molecular flexibility index (Phi) is 3.87. The van der Waals surface area contributed by atoms with Crippen molar-refractivity contribution < 1.29 is 4.79 Å². The van der Waals surface area contributed by atoms with Gasteiger partial charge in [0.2, 0.25) is 0 Å². The van der Waals surface area contributed by atoms with E-state index in [4.69, 9.17) is 0 Å². The van der Waals surface area contributed by atoms with Gasteiger partial charge in [-0.05, 0) is 55.4 Å². The first-order valence-electron chi connectivity index (χ1n) is 6.12. The molecule has 2 rings (SSSR count). The van der Waals surface area contributed by atoms with E-state index >= 15 is 0 Å². The average molecular weight is 296 g/mol. The first-order valence-corrected chi connectivity index (χ1v) is 6.91. The molecule has 0 saturated heterocycles. The van der Waals surface area contributed by atoms with E-state index in [-0.39, 0.29) is 5.91 Å². The number of halogens is 1. The summed E-state index contributed by atoms with van der Waals surface area (Å²) >= 11 is 3.44. The van der Waals surface area contributed by atoms with Crippen LogP contribution in [-0.2, 0) is 0 Å². The molecule has 0 spiro atoms. The van der Waals surface area contributed by atoms with E-state index in [0.29, 0.717) is 5.92 Å². The second-order valence-corrected chi connectivity index (χ2v) is 5.84. The molecule has 1 aromatic carbocycles. The summed E-state index contributed by atoms with van der Waals surface area (Å²) in [4.78, 5) is 11.9. The largest absolute Gasteiger partial charge is 0.352 e. The Morgan fingerprint density at radius 1 is 1.53 bits per heavy atom. The number of nitrogens with one attached hydrogen (secondary N) is 1. The first-order chi connectivity index (χ1) is 8.08. The van der Waals surface area contributed by atoms with Crippen LogP contribution in [0.2, 0.25) is 0 Å². The summed E-state index contributed by atoms with van der Waals surface area (Å²) in [6.07, 6.45) is 2.66. The average Bonchev–Trinajstić information content (AvgIpc) is 3.13. The lowest BCUT2D eigenvalue weighted by molar-refractivity contribution is 0.0946. The van der Waals surface area contributed by atoms with Gasteiger partial charge in [0, 0.05) is 16.6 Å². The van der Waals surface area contributed by atoms with Crippen molar-refractivity contribution in [3.63, 3.8) is 0 Å². The van der Waals surface area contributed by atoms with Crippen molar-refractivity contribution in [2.24, 2.45) is 11.8 Å². The van der Waals surface area contributed by atoms with Gasteiger partial charge in [0.25, 0.3) is 5.91 Å². The van der Waals surface area contributed by atoms with Crippen LogP contribution in [0.15, 0.2) is 22.7 Å². The molecule has 0 bridgehead atoms. The summed E-state index contributed by atoms with van der Waals surface area (Å²) in [5, 5.41) is 3.01. The normalized spacial score (nSPS) is 16.6. The number of hydrogen-bond donors (Lipinski definition) is 1. The van der Waals surface area contributed by atoms with Crippen molar-refractivity contribution in [1.29, 1.82) is 0 Å². The Labute approximate surface area is 111 Å². The lowest BCUT2D eigenvalue weighted by Gasteiger charge is -2.11. The molecule has 0 radical (unpaired) electrons. The summed E-state index contributed by atoms with van der Waals surface area (Å²) in [5.74, 6) is 1.48. The zero-order valence-corrected chi connectivity index (χ0v) is 11.9. The van der Waals surface area contributed by atoms with Gasteiger partial charge in [-0.15, -0.1) is 0 Å². The lowest BCUT2D eigenvalue weighted by atomic mass is 10.1. The van der Waals surface area contributed by atoms with Gasteiger partial charge < -0.3 is 5.32 Å². The second-order valence-electron chi connectivity index (χ2n) is 4.99. The molecule has 3 heteroatoms. The summed E-state index contributed by atoms with van der Waals surface area (Å²) in [6.45, 7) is 5.00. The number of benzene rings is 1. The fraction of sp³-hybridized carbons (Fsp3) is 0.500. The van der Waals surface area contributed by atoms with Crippen LogP contribution >= 0.6 is 15.9 Å². The summed E-state index contributed by atoms with van der Waals surface area (Å²) in [5.41, 5.74) is 1.83. The second kappa shape index (κ2) is 5.21. The highest BCUT2D eigenvalue weighted by Crippen LogP contribution is 2.36. The Morgan fingerprint density at radius 3 is 2.82 bits per heavy atom. The molecule has 1 N–H and O–H groups in total. The molecule has 1 aliphatic carbocycles. The first kappa shape index (κ1) is 12.6. The third kappa shape index (κ3) is 3.32.